The van der Waals surface area contributed by atoms with Gasteiger partial charge in [-0.1, -0.05) is 17.4 Å². The molecule has 2 N–H and O–H groups in total. The second kappa shape index (κ2) is 9.00. The number of nitrogens with zero attached hydrogens (tertiary/aromatic N) is 3. The molecule has 0 bridgehead atoms. The van der Waals surface area contributed by atoms with Gasteiger partial charge in [0.15, 0.2) is 0 Å². The number of nitrogens with one attached hydrogen (secondary N) is 2. The van der Waals surface area contributed by atoms with Crippen LogP contribution in [0.25, 0.3) is 0 Å². The molecule has 2 aliphatic rings. The Kier molecular flexibility index (Phi) is 6.20. The molecule has 1 aliphatic heterocycles. The Hall–Kier alpha value is -2.32. The molecule has 1 saturated carbocycles. The van der Waals surface area contributed by atoms with E-state index in [4.69, 9.17) is 0 Å². The first kappa shape index (κ1) is 20.0. The molecule has 29 heavy (non-hydrogen) atoms. The van der Waals surface area contributed by atoms with Crippen LogP contribution in [0.4, 0.5) is 5.69 Å². The topological polar surface area (TPSA) is 87.2 Å². The van der Waals surface area contributed by atoms with Crippen LogP contribution in [0.15, 0.2) is 24.3 Å². The third kappa shape index (κ3) is 5.19. The Bertz CT molecular complexity index is 873. The van der Waals surface area contributed by atoms with Gasteiger partial charge >= 0.3 is 0 Å². The number of anilines is 1. The smallest absolute Gasteiger partial charge is 0.286 e. The fraction of sp³-hybridized carbons (Fsp3) is 0.524. The lowest BCUT2D eigenvalue weighted by Gasteiger charge is -2.23. The summed E-state index contributed by atoms with van der Waals surface area (Å²) in [5, 5.41) is 15.2. The van der Waals surface area contributed by atoms with Crippen LogP contribution >= 0.6 is 11.3 Å². The molecule has 1 saturated heterocycles. The minimum absolute atomic E-state index is 0.123. The molecule has 1 aromatic heterocycles. The van der Waals surface area contributed by atoms with Crippen molar-refractivity contribution in [2.45, 2.75) is 51.0 Å². The summed E-state index contributed by atoms with van der Waals surface area (Å²) in [7, 11) is 0. The molecule has 1 aromatic carbocycles. The first-order valence-corrected chi connectivity index (χ1v) is 11.2. The highest BCUT2D eigenvalue weighted by atomic mass is 32.1. The van der Waals surface area contributed by atoms with E-state index in [9.17, 15) is 9.59 Å². The van der Waals surface area contributed by atoms with Gasteiger partial charge < -0.3 is 15.5 Å². The van der Waals surface area contributed by atoms with E-state index < -0.39 is 0 Å². The summed E-state index contributed by atoms with van der Waals surface area (Å²) in [4.78, 5) is 27.4. The number of benzene rings is 1. The maximum Gasteiger partial charge on any atom is 0.286 e. The Balaban J connectivity index is 1.28. The van der Waals surface area contributed by atoms with Crippen molar-refractivity contribution in [3.63, 3.8) is 0 Å². The molecule has 0 radical (unpaired) electrons. The molecule has 4 rings (SSSR count). The SMILES string of the molecule is C[C@H](CCNC(=O)c1cccc(NC(=O)c2nnc(C3CC3)s2)c1)N1CCCC1. The van der Waals surface area contributed by atoms with Crippen molar-refractivity contribution in [3.05, 3.63) is 39.8 Å². The van der Waals surface area contributed by atoms with Crippen LogP contribution in [0.1, 0.15) is 70.1 Å². The fourth-order valence-corrected chi connectivity index (χ4v) is 4.51. The summed E-state index contributed by atoms with van der Waals surface area (Å²) < 4.78 is 0. The molecule has 0 spiro atoms. The Morgan fingerprint density at radius 3 is 2.76 bits per heavy atom. The lowest BCUT2D eigenvalue weighted by atomic mass is 10.1. The zero-order chi connectivity index (χ0) is 20.2. The molecular weight excluding hydrogens is 386 g/mol. The van der Waals surface area contributed by atoms with Gasteiger partial charge in [-0.3, -0.25) is 9.59 Å². The van der Waals surface area contributed by atoms with Crippen molar-refractivity contribution in [3.8, 4) is 0 Å². The van der Waals surface area contributed by atoms with Gasteiger partial charge in [0.05, 0.1) is 0 Å². The van der Waals surface area contributed by atoms with Crippen LogP contribution in [-0.4, -0.2) is 52.6 Å². The fourth-order valence-electron chi connectivity index (χ4n) is 3.61. The van der Waals surface area contributed by atoms with Crippen LogP contribution in [0.2, 0.25) is 0 Å². The van der Waals surface area contributed by atoms with E-state index in [1.165, 1.54) is 24.2 Å². The number of carbonyl (C=O) groups is 2. The Labute approximate surface area is 174 Å². The van der Waals surface area contributed by atoms with Gasteiger partial charge in [-0.25, -0.2) is 0 Å². The van der Waals surface area contributed by atoms with Crippen LogP contribution in [-0.2, 0) is 0 Å². The Morgan fingerprint density at radius 2 is 2.00 bits per heavy atom. The summed E-state index contributed by atoms with van der Waals surface area (Å²) in [5.41, 5.74) is 1.11. The molecule has 2 aromatic rings. The van der Waals surface area contributed by atoms with E-state index in [-0.39, 0.29) is 11.8 Å². The summed E-state index contributed by atoms with van der Waals surface area (Å²) in [5.74, 6) is 0.0716. The second-order valence-electron chi connectivity index (χ2n) is 7.89. The molecule has 7 nitrogen and oxygen atoms in total. The quantitative estimate of drug-likeness (QED) is 0.694. The Morgan fingerprint density at radius 1 is 1.21 bits per heavy atom. The summed E-state index contributed by atoms with van der Waals surface area (Å²) in [6.45, 7) is 5.18. The highest BCUT2D eigenvalue weighted by Gasteiger charge is 2.28. The normalized spacial score (nSPS) is 17.8. The highest BCUT2D eigenvalue weighted by molar-refractivity contribution is 7.13. The van der Waals surface area contributed by atoms with Crippen LogP contribution in [0.5, 0.6) is 0 Å². The predicted molar refractivity (Wildman–Crippen MR) is 113 cm³/mol. The van der Waals surface area contributed by atoms with Gasteiger partial charge in [-0.2, -0.15) is 0 Å². The van der Waals surface area contributed by atoms with Crippen molar-refractivity contribution in [1.29, 1.82) is 0 Å². The molecule has 0 unspecified atom stereocenters. The monoisotopic (exact) mass is 413 g/mol. The maximum absolute atomic E-state index is 12.5. The first-order valence-electron chi connectivity index (χ1n) is 10.4. The minimum Gasteiger partial charge on any atom is -0.352 e. The molecule has 2 amide bonds. The summed E-state index contributed by atoms with van der Waals surface area (Å²) in [6, 6.07) is 7.47. The van der Waals surface area contributed by atoms with Crippen LogP contribution in [0.3, 0.4) is 0 Å². The predicted octanol–water partition coefficient (Wildman–Crippen LogP) is 3.27. The van der Waals surface area contributed by atoms with Crippen LogP contribution < -0.4 is 10.6 Å². The van der Waals surface area contributed by atoms with Crippen molar-refractivity contribution in [2.75, 3.05) is 25.0 Å². The van der Waals surface area contributed by atoms with E-state index in [0.717, 1.165) is 37.4 Å². The number of hydrogen-bond acceptors (Lipinski definition) is 6. The van der Waals surface area contributed by atoms with E-state index >= 15 is 0 Å². The first-order chi connectivity index (χ1) is 14.1. The highest BCUT2D eigenvalue weighted by Crippen LogP contribution is 2.41. The van der Waals surface area contributed by atoms with Crippen molar-refractivity contribution in [1.82, 2.24) is 20.4 Å². The average molecular weight is 414 g/mol. The third-order valence-electron chi connectivity index (χ3n) is 5.56. The maximum atomic E-state index is 12.5. The zero-order valence-electron chi connectivity index (χ0n) is 16.7. The minimum atomic E-state index is -0.286. The van der Waals surface area contributed by atoms with Gasteiger partial charge in [0.1, 0.15) is 5.01 Å². The number of amides is 2. The summed E-state index contributed by atoms with van der Waals surface area (Å²) >= 11 is 1.35. The van der Waals surface area contributed by atoms with E-state index in [1.807, 2.05) is 0 Å². The van der Waals surface area contributed by atoms with E-state index in [2.05, 4.69) is 32.7 Å². The van der Waals surface area contributed by atoms with Crippen molar-refractivity contribution >= 4 is 28.8 Å². The van der Waals surface area contributed by atoms with E-state index in [0.29, 0.717) is 34.8 Å². The molecule has 1 aliphatic carbocycles. The van der Waals surface area contributed by atoms with Gasteiger partial charge in [0, 0.05) is 29.8 Å². The van der Waals surface area contributed by atoms with Gasteiger partial charge in [0.25, 0.3) is 11.8 Å². The van der Waals surface area contributed by atoms with Gasteiger partial charge in [0.2, 0.25) is 5.01 Å². The molecule has 2 heterocycles. The summed E-state index contributed by atoms with van der Waals surface area (Å²) in [6.07, 6.45) is 5.74. The lowest BCUT2D eigenvalue weighted by molar-refractivity contribution is 0.0948. The standard InChI is InChI=1S/C21H27N5O2S/c1-14(26-11-2-3-12-26)9-10-22-18(27)16-5-4-6-17(13-16)23-19(28)21-25-24-20(29-21)15-7-8-15/h4-6,13-15H,2-3,7-12H2,1H3,(H,22,27)(H,23,28)/t14-/m1/s1. The number of aromatic nitrogens is 2. The van der Waals surface area contributed by atoms with E-state index in [1.54, 1.807) is 24.3 Å². The second-order valence-corrected chi connectivity index (χ2v) is 8.90. The number of rotatable bonds is 8. The lowest BCUT2D eigenvalue weighted by Crippen LogP contribution is -2.34. The number of carbonyl (C=O) groups excluding carboxylic acids is 2. The molecule has 1 atom stereocenters. The van der Waals surface area contributed by atoms with Gasteiger partial charge in [-0.15, -0.1) is 10.2 Å². The van der Waals surface area contributed by atoms with Crippen molar-refractivity contribution < 1.29 is 9.59 Å². The molecule has 154 valence electrons. The zero-order valence-corrected chi connectivity index (χ0v) is 17.5. The molecule has 8 heteroatoms. The molecular formula is C21H27N5O2S. The van der Waals surface area contributed by atoms with Gasteiger partial charge in [-0.05, 0) is 70.3 Å². The third-order valence-corrected chi connectivity index (χ3v) is 6.64. The number of likely N-dealkylation sites (tertiary alicyclic amines) is 1. The van der Waals surface area contributed by atoms with Crippen LogP contribution in [0, 0.1) is 0 Å². The molecule has 2 fully saturated rings. The average Bonchev–Trinajstić information content (AvgIpc) is 3.21. The largest absolute Gasteiger partial charge is 0.352 e. The number of hydrogen-bond donors (Lipinski definition) is 2. The van der Waals surface area contributed by atoms with Crippen molar-refractivity contribution in [2.24, 2.45) is 0 Å².